The van der Waals surface area contributed by atoms with Crippen LogP contribution in [0.25, 0.3) is 0 Å². The van der Waals surface area contributed by atoms with E-state index in [0.29, 0.717) is 29.5 Å². The van der Waals surface area contributed by atoms with Gasteiger partial charge in [-0.05, 0) is 113 Å². The molecule has 0 aromatic heterocycles. The highest BCUT2D eigenvalue weighted by atomic mass is 33.1. The predicted molar refractivity (Wildman–Crippen MR) is 318 cm³/mol. The Bertz CT molecular complexity index is 2440. The fourth-order valence-electron chi connectivity index (χ4n) is 13.8. The summed E-state index contributed by atoms with van der Waals surface area (Å²) in [6.45, 7) is 35.4. The summed E-state index contributed by atoms with van der Waals surface area (Å²) >= 11 is 0. The second-order valence-corrected chi connectivity index (χ2v) is 38.2. The molecule has 3 aliphatic carbocycles. The van der Waals surface area contributed by atoms with Gasteiger partial charge in [0.25, 0.3) is 0 Å². The number of carbonyl (C=O) groups excluding carboxylic acids is 6. The summed E-state index contributed by atoms with van der Waals surface area (Å²) in [5.74, 6) is -4.80. The molecule has 1 saturated heterocycles. The molecule has 1 aromatic rings. The van der Waals surface area contributed by atoms with Gasteiger partial charge in [0.05, 0.1) is 42.1 Å². The number of allylic oxidation sites excluding steroid dienone is 1. The minimum absolute atomic E-state index is 0.0320. The summed E-state index contributed by atoms with van der Waals surface area (Å²) in [4.78, 5) is 89.9. The van der Waals surface area contributed by atoms with Crippen LogP contribution in [0.4, 0.5) is 4.79 Å². The first-order chi connectivity index (χ1) is 37.1. The Morgan fingerprint density at radius 3 is 1.98 bits per heavy atom. The summed E-state index contributed by atoms with van der Waals surface area (Å²) in [6, 6.07) is 9.21. The first kappa shape index (κ1) is 67.3. The summed E-state index contributed by atoms with van der Waals surface area (Å²) in [7, 11) is -2.78. The molecule has 2 saturated carbocycles. The van der Waals surface area contributed by atoms with Gasteiger partial charge in [-0.25, -0.2) is 14.4 Å². The van der Waals surface area contributed by atoms with Crippen molar-refractivity contribution in [2.45, 2.75) is 245 Å². The van der Waals surface area contributed by atoms with E-state index in [1.54, 1.807) is 84.9 Å². The number of alkyl carbamates (subject to hydrolysis) is 1. The standard InChI is InChI=1S/C60H95NO15S2Si2/c1-21-79(22-2,23-3)75-44-32-45-59(34-69-45,73-40(13)62)50-52(72-53(65)41-27-25-24-26-28-41)60(68)33-43(39(12)47(57(60,17)18)49(51(64)58(44,50)19)71-46(63)29-30-78-77-20)70-54(66)48(76-80(36(6)7,37(8)9)38(10)11)42(31-35(4)5)61-55(67)74-56(14,15)16/h24-28,31,36-38,42-45,48-50,52,68H,21-23,29-30,32-34H2,1-20H3,(H,61,67)/t42-,43-,44-,45+,48+,49+,50-,52-,58+,59-,60+/m0/s1. The maximum absolute atomic E-state index is 16.9. The molecule has 450 valence electrons. The third-order valence-corrected chi connectivity index (χ3v) is 30.5. The number of ketones is 1. The van der Waals surface area contributed by atoms with Crippen molar-refractivity contribution in [3.8, 4) is 0 Å². The molecule has 80 heavy (non-hydrogen) atoms. The van der Waals surface area contributed by atoms with E-state index in [1.165, 1.54) is 28.5 Å². The minimum atomic E-state index is -3.04. The van der Waals surface area contributed by atoms with E-state index in [4.69, 9.17) is 37.3 Å². The van der Waals surface area contributed by atoms with Crippen LogP contribution in [-0.4, -0.2) is 136 Å². The third kappa shape index (κ3) is 13.2. The van der Waals surface area contributed by atoms with E-state index in [9.17, 15) is 19.5 Å². The summed E-state index contributed by atoms with van der Waals surface area (Å²) in [6.07, 6.45) is -5.85. The Kier molecular flexibility index (Phi) is 22.0. The van der Waals surface area contributed by atoms with Gasteiger partial charge in [0.15, 0.2) is 31.9 Å². The van der Waals surface area contributed by atoms with Crippen LogP contribution in [0.3, 0.4) is 0 Å². The van der Waals surface area contributed by atoms with Crippen molar-refractivity contribution in [2.24, 2.45) is 16.7 Å². The average molecular weight is 1190 g/mol. The molecular formula is C60H95NO15S2Si2. The predicted octanol–water partition coefficient (Wildman–Crippen LogP) is 12.0. The van der Waals surface area contributed by atoms with Crippen LogP contribution in [0, 0.1) is 16.7 Å². The molecule has 0 unspecified atom stereocenters. The molecule has 16 nitrogen and oxygen atoms in total. The lowest BCUT2D eigenvalue weighted by molar-refractivity contribution is -0.344. The second kappa shape index (κ2) is 26.2. The molecule has 1 heterocycles. The normalized spacial score (nSPS) is 28.3. The molecule has 1 aromatic carbocycles. The number of amides is 1. The zero-order valence-corrected chi connectivity index (χ0v) is 55.1. The van der Waals surface area contributed by atoms with E-state index < -0.39 is 135 Å². The number of hydrogen-bond acceptors (Lipinski definition) is 17. The summed E-state index contributed by atoms with van der Waals surface area (Å²) < 4.78 is 53.7. The molecule has 5 rings (SSSR count). The number of esters is 4. The van der Waals surface area contributed by atoms with E-state index in [0.717, 1.165) is 5.57 Å². The van der Waals surface area contributed by atoms with Crippen LogP contribution in [0.15, 0.2) is 53.1 Å². The first-order valence-corrected chi connectivity index (χ1v) is 36.1. The molecule has 0 spiro atoms. The SMILES string of the molecule is CC[Si](CC)(CC)O[C@H]1C[C@H]2OC[C@@]2(OC(C)=O)[C@H]2[C@H](OC(=O)c3ccccc3)[C@]3(O)C[C@H](OC(=O)[C@H](O[Si](C(C)C)(C(C)C)C(C)C)[C@H](C=C(C)C)NC(=O)OC(C)(C)C)C(C)=C([C@@H](OC(=O)CCSSC)C(=O)[C@]12C)C3(C)C. The molecule has 1 amide bonds. The van der Waals surface area contributed by atoms with Crippen molar-refractivity contribution in [1.29, 1.82) is 0 Å². The van der Waals surface area contributed by atoms with Crippen molar-refractivity contribution >= 4 is 74.0 Å². The molecule has 2 N–H and O–H groups in total. The molecule has 2 bridgehead atoms. The highest BCUT2D eigenvalue weighted by Gasteiger charge is 2.79. The maximum atomic E-state index is 16.9. The van der Waals surface area contributed by atoms with Gasteiger partial charge in [0.1, 0.15) is 29.5 Å². The van der Waals surface area contributed by atoms with Gasteiger partial charge in [-0.15, -0.1) is 0 Å². The highest BCUT2D eigenvalue weighted by molar-refractivity contribution is 8.76. The number of ether oxygens (including phenoxy) is 6. The van der Waals surface area contributed by atoms with Crippen molar-refractivity contribution in [3.05, 3.63) is 58.7 Å². The number of fused-ring (bicyclic) bond motifs is 5. The van der Waals surface area contributed by atoms with Gasteiger partial charge in [-0.1, -0.05) is 128 Å². The largest absolute Gasteiger partial charge is 0.456 e. The monoisotopic (exact) mass is 1190 g/mol. The van der Waals surface area contributed by atoms with Crippen LogP contribution >= 0.6 is 21.6 Å². The third-order valence-electron chi connectivity index (χ3n) is 18.0. The van der Waals surface area contributed by atoms with Gasteiger partial charge in [0, 0.05) is 30.9 Å². The zero-order chi connectivity index (χ0) is 60.3. The highest BCUT2D eigenvalue weighted by Crippen LogP contribution is 2.65. The van der Waals surface area contributed by atoms with Crippen LogP contribution in [0.5, 0.6) is 0 Å². The molecule has 20 heteroatoms. The van der Waals surface area contributed by atoms with Crippen LogP contribution in [-0.2, 0) is 56.5 Å². The van der Waals surface area contributed by atoms with Gasteiger partial charge < -0.3 is 47.7 Å². The average Bonchev–Trinajstić information content (AvgIpc) is 3.35. The van der Waals surface area contributed by atoms with E-state index in [-0.39, 0.29) is 47.2 Å². The van der Waals surface area contributed by atoms with Crippen molar-refractivity contribution in [3.63, 3.8) is 0 Å². The second-order valence-electron chi connectivity index (χ2n) is 25.4. The van der Waals surface area contributed by atoms with Crippen LogP contribution in [0.2, 0.25) is 34.8 Å². The molecular weight excluding hydrogens is 1090 g/mol. The zero-order valence-electron chi connectivity index (χ0n) is 51.5. The van der Waals surface area contributed by atoms with Gasteiger partial charge in [0.2, 0.25) is 8.32 Å². The molecule has 3 fully saturated rings. The Morgan fingerprint density at radius 1 is 0.900 bits per heavy atom. The van der Waals surface area contributed by atoms with E-state index in [2.05, 4.69) is 67.6 Å². The smallest absolute Gasteiger partial charge is 0.408 e. The lowest BCUT2D eigenvalue weighted by atomic mass is 9.44. The summed E-state index contributed by atoms with van der Waals surface area (Å²) in [5.41, 5.74) is -7.16. The Balaban J connectivity index is 1.92. The van der Waals surface area contributed by atoms with Gasteiger partial charge >= 0.3 is 30.0 Å². The topological polar surface area (TPSA) is 209 Å². The lowest BCUT2D eigenvalue weighted by Gasteiger charge is -2.68. The molecule has 0 radical (unpaired) electrons. The quantitative estimate of drug-likeness (QED) is 0.0261. The maximum Gasteiger partial charge on any atom is 0.408 e. The number of Topliss-reactive ketones (excluding diaryl/α,β-unsaturated/α-hetero) is 1. The Labute approximate surface area is 487 Å². The molecule has 11 atom stereocenters. The molecule has 4 aliphatic rings. The number of nitrogens with one attached hydrogen (secondary N) is 1. The van der Waals surface area contributed by atoms with E-state index >= 15 is 14.4 Å². The first-order valence-electron chi connectivity index (χ1n) is 28.7. The number of aliphatic hydroxyl groups is 1. The minimum Gasteiger partial charge on any atom is -0.456 e. The number of carbonyl (C=O) groups is 6. The Morgan fingerprint density at radius 2 is 1.49 bits per heavy atom. The van der Waals surface area contributed by atoms with Crippen molar-refractivity contribution in [1.82, 2.24) is 5.32 Å². The van der Waals surface area contributed by atoms with E-state index in [1.807, 2.05) is 20.1 Å². The van der Waals surface area contributed by atoms with Crippen LogP contribution in [0.1, 0.15) is 161 Å². The number of rotatable bonds is 23. The molecule has 1 aliphatic heterocycles. The summed E-state index contributed by atoms with van der Waals surface area (Å²) in [5, 5.41) is 17.5. The Hall–Kier alpha value is -3.51. The van der Waals surface area contributed by atoms with Crippen molar-refractivity contribution < 1.29 is 71.1 Å². The van der Waals surface area contributed by atoms with Gasteiger partial charge in [-0.3, -0.25) is 14.4 Å². The van der Waals surface area contributed by atoms with Gasteiger partial charge in [-0.2, -0.15) is 0 Å². The lowest BCUT2D eigenvalue weighted by Crippen LogP contribution is -2.82. The fourth-order valence-corrected chi connectivity index (χ4v) is 23.4. The number of hydrogen-bond donors (Lipinski definition) is 2. The fraction of sp³-hybridized carbons (Fsp3) is 0.733. The number of benzene rings is 1. The van der Waals surface area contributed by atoms with Crippen molar-refractivity contribution in [2.75, 3.05) is 18.6 Å². The van der Waals surface area contributed by atoms with Crippen LogP contribution < -0.4 is 5.32 Å².